The third-order valence-electron chi connectivity index (χ3n) is 6.66. The van der Waals surface area contributed by atoms with E-state index in [1.807, 2.05) is 18.2 Å². The molecule has 1 saturated heterocycles. The van der Waals surface area contributed by atoms with Crippen LogP contribution in [0.3, 0.4) is 0 Å². The van der Waals surface area contributed by atoms with E-state index in [-0.39, 0.29) is 11.9 Å². The normalized spacial score (nSPS) is 16.4. The first-order chi connectivity index (χ1) is 16.2. The third-order valence-corrected chi connectivity index (χ3v) is 6.66. The van der Waals surface area contributed by atoms with Crippen LogP contribution in [-0.4, -0.2) is 36.5 Å². The van der Waals surface area contributed by atoms with Crippen molar-refractivity contribution in [1.29, 1.82) is 0 Å². The lowest BCUT2D eigenvalue weighted by atomic mass is 9.90. The van der Waals surface area contributed by atoms with Crippen LogP contribution in [0.1, 0.15) is 42.6 Å². The van der Waals surface area contributed by atoms with Crippen molar-refractivity contribution in [2.24, 2.45) is 5.92 Å². The Morgan fingerprint density at radius 3 is 2.44 bits per heavy atom. The summed E-state index contributed by atoms with van der Waals surface area (Å²) in [5, 5.41) is 4.75. The standard InChI is InChI=1S/C27H29F3N2O2/c1-3-32-15-13-19(14-16-32)18(2)31-26(33)21-7-12-24-20(17-21)5-4-6-25(24)34-23-10-8-22(9-11-23)27(28,29)30/h4-12,17-19H,3,13-16H2,1-2H3,(H,31,33). The maximum Gasteiger partial charge on any atom is 0.416 e. The summed E-state index contributed by atoms with van der Waals surface area (Å²) in [6.45, 7) is 7.44. The fourth-order valence-corrected chi connectivity index (χ4v) is 4.50. The number of rotatable bonds is 6. The highest BCUT2D eigenvalue weighted by Crippen LogP contribution is 2.34. The minimum atomic E-state index is -4.39. The van der Waals surface area contributed by atoms with E-state index in [1.54, 1.807) is 18.2 Å². The van der Waals surface area contributed by atoms with Crippen LogP contribution in [0.2, 0.25) is 0 Å². The van der Waals surface area contributed by atoms with Crippen LogP contribution in [0.5, 0.6) is 11.5 Å². The summed E-state index contributed by atoms with van der Waals surface area (Å²) in [7, 11) is 0. The SMILES string of the molecule is CCN1CCC(C(C)NC(=O)c2ccc3c(Oc4ccc(C(F)(F)F)cc4)cccc3c2)CC1. The number of nitrogens with one attached hydrogen (secondary N) is 1. The van der Waals surface area contributed by atoms with Gasteiger partial charge in [0.2, 0.25) is 0 Å². The van der Waals surface area contributed by atoms with Crippen molar-refractivity contribution >= 4 is 16.7 Å². The summed E-state index contributed by atoms with van der Waals surface area (Å²) in [6, 6.07) is 15.5. The van der Waals surface area contributed by atoms with Gasteiger partial charge in [-0.15, -0.1) is 0 Å². The van der Waals surface area contributed by atoms with Gasteiger partial charge < -0.3 is 15.0 Å². The van der Waals surface area contributed by atoms with Crippen molar-refractivity contribution in [2.45, 2.75) is 38.9 Å². The third kappa shape index (κ3) is 5.53. The van der Waals surface area contributed by atoms with E-state index in [2.05, 4.69) is 24.1 Å². The van der Waals surface area contributed by atoms with Crippen molar-refractivity contribution in [3.8, 4) is 11.5 Å². The zero-order valence-corrected chi connectivity index (χ0v) is 19.4. The number of carbonyl (C=O) groups excluding carboxylic acids is 1. The molecule has 1 heterocycles. The summed E-state index contributed by atoms with van der Waals surface area (Å²) < 4.78 is 44.2. The number of hydrogen-bond donors (Lipinski definition) is 1. The number of amides is 1. The molecule has 3 aromatic rings. The molecular weight excluding hydrogens is 441 g/mol. The Hall–Kier alpha value is -3.06. The van der Waals surface area contributed by atoms with Crippen LogP contribution >= 0.6 is 0 Å². The van der Waals surface area contributed by atoms with Crippen molar-refractivity contribution in [3.05, 3.63) is 71.8 Å². The average Bonchev–Trinajstić information content (AvgIpc) is 2.83. The van der Waals surface area contributed by atoms with E-state index in [1.165, 1.54) is 12.1 Å². The lowest BCUT2D eigenvalue weighted by molar-refractivity contribution is -0.137. The molecule has 1 fully saturated rings. The van der Waals surface area contributed by atoms with Gasteiger partial charge in [-0.1, -0.05) is 19.1 Å². The lowest BCUT2D eigenvalue weighted by Crippen LogP contribution is -2.43. The van der Waals surface area contributed by atoms with Crippen molar-refractivity contribution < 1.29 is 22.7 Å². The summed E-state index contributed by atoms with van der Waals surface area (Å²) in [5.41, 5.74) is -0.157. The molecule has 7 heteroatoms. The fourth-order valence-electron chi connectivity index (χ4n) is 4.50. The molecule has 4 rings (SSSR count). The maximum absolute atomic E-state index is 12.9. The molecule has 0 saturated carbocycles. The van der Waals surface area contributed by atoms with Gasteiger partial charge in [-0.25, -0.2) is 0 Å². The number of hydrogen-bond acceptors (Lipinski definition) is 3. The van der Waals surface area contributed by atoms with Crippen LogP contribution in [0.25, 0.3) is 10.8 Å². The molecule has 0 spiro atoms. The smallest absolute Gasteiger partial charge is 0.416 e. The first kappa shape index (κ1) is 24.1. The Kier molecular flexibility index (Phi) is 7.12. The molecule has 0 aromatic heterocycles. The maximum atomic E-state index is 12.9. The van der Waals surface area contributed by atoms with Crippen LogP contribution in [0.4, 0.5) is 13.2 Å². The highest BCUT2D eigenvalue weighted by atomic mass is 19.4. The minimum Gasteiger partial charge on any atom is -0.457 e. The van der Waals surface area contributed by atoms with E-state index < -0.39 is 11.7 Å². The molecule has 3 aromatic carbocycles. The van der Waals surface area contributed by atoms with Gasteiger partial charge >= 0.3 is 6.18 Å². The molecule has 0 aliphatic carbocycles. The molecule has 1 atom stereocenters. The second-order valence-corrected chi connectivity index (χ2v) is 8.85. The molecule has 1 N–H and O–H groups in total. The van der Waals surface area contributed by atoms with E-state index in [9.17, 15) is 18.0 Å². The fraction of sp³-hybridized carbons (Fsp3) is 0.370. The van der Waals surface area contributed by atoms with Crippen molar-refractivity contribution in [3.63, 3.8) is 0 Å². The number of alkyl halides is 3. The highest BCUT2D eigenvalue weighted by Gasteiger charge is 2.30. The van der Waals surface area contributed by atoms with Gasteiger partial charge in [0.05, 0.1) is 5.56 Å². The Labute approximate surface area is 197 Å². The van der Waals surface area contributed by atoms with Gasteiger partial charge in [0.1, 0.15) is 11.5 Å². The monoisotopic (exact) mass is 470 g/mol. The van der Waals surface area contributed by atoms with Gasteiger partial charge in [-0.3, -0.25) is 4.79 Å². The Bertz CT molecular complexity index is 1140. The molecule has 1 aliphatic rings. The molecule has 4 nitrogen and oxygen atoms in total. The lowest BCUT2D eigenvalue weighted by Gasteiger charge is -2.34. The molecule has 0 radical (unpaired) electrons. The summed E-state index contributed by atoms with van der Waals surface area (Å²) in [4.78, 5) is 15.3. The molecule has 180 valence electrons. The van der Waals surface area contributed by atoms with Crippen LogP contribution in [-0.2, 0) is 6.18 Å². The number of carbonyl (C=O) groups is 1. The highest BCUT2D eigenvalue weighted by molar-refractivity contribution is 6.00. The predicted octanol–water partition coefficient (Wildman–Crippen LogP) is 6.50. The summed E-state index contributed by atoms with van der Waals surface area (Å²) >= 11 is 0. The quantitative estimate of drug-likeness (QED) is 0.447. The first-order valence-corrected chi connectivity index (χ1v) is 11.7. The molecule has 1 unspecified atom stereocenters. The van der Waals surface area contributed by atoms with Gasteiger partial charge in [-0.05, 0) is 99.2 Å². The van der Waals surface area contributed by atoms with Crippen LogP contribution in [0.15, 0.2) is 60.7 Å². The number of likely N-dealkylation sites (tertiary alicyclic amines) is 1. The van der Waals surface area contributed by atoms with Crippen molar-refractivity contribution in [2.75, 3.05) is 19.6 Å². The topological polar surface area (TPSA) is 41.6 Å². The number of halogens is 3. The number of fused-ring (bicyclic) bond motifs is 1. The van der Waals surface area contributed by atoms with Crippen LogP contribution < -0.4 is 10.1 Å². The Morgan fingerprint density at radius 2 is 1.79 bits per heavy atom. The van der Waals surface area contributed by atoms with E-state index in [4.69, 9.17) is 4.74 Å². The zero-order valence-electron chi connectivity index (χ0n) is 19.4. The van der Waals surface area contributed by atoms with Gasteiger partial charge in [0.15, 0.2) is 0 Å². The first-order valence-electron chi connectivity index (χ1n) is 11.7. The second-order valence-electron chi connectivity index (χ2n) is 8.85. The second kappa shape index (κ2) is 10.1. The molecule has 34 heavy (non-hydrogen) atoms. The number of ether oxygens (including phenoxy) is 1. The summed E-state index contributed by atoms with van der Waals surface area (Å²) in [6.07, 6.45) is -2.23. The van der Waals surface area contributed by atoms with Crippen LogP contribution in [0, 0.1) is 5.92 Å². The average molecular weight is 471 g/mol. The number of nitrogens with zero attached hydrogens (tertiary/aromatic N) is 1. The van der Waals surface area contributed by atoms with Crippen molar-refractivity contribution in [1.82, 2.24) is 10.2 Å². The van der Waals surface area contributed by atoms with E-state index in [0.29, 0.717) is 23.0 Å². The summed E-state index contributed by atoms with van der Waals surface area (Å²) in [5.74, 6) is 1.18. The number of piperidine rings is 1. The molecule has 1 amide bonds. The van der Waals surface area contributed by atoms with Gasteiger partial charge in [0.25, 0.3) is 5.91 Å². The molecule has 0 bridgehead atoms. The predicted molar refractivity (Wildman–Crippen MR) is 127 cm³/mol. The minimum absolute atomic E-state index is 0.0940. The zero-order chi connectivity index (χ0) is 24.3. The molecule has 1 aliphatic heterocycles. The Balaban J connectivity index is 1.45. The number of benzene rings is 3. The van der Waals surface area contributed by atoms with E-state index in [0.717, 1.165) is 55.4 Å². The van der Waals surface area contributed by atoms with Gasteiger partial charge in [0, 0.05) is 17.0 Å². The largest absolute Gasteiger partial charge is 0.457 e. The van der Waals surface area contributed by atoms with Gasteiger partial charge in [-0.2, -0.15) is 13.2 Å². The molecular formula is C27H29F3N2O2. The Morgan fingerprint density at radius 1 is 1.09 bits per heavy atom. The van der Waals surface area contributed by atoms with E-state index >= 15 is 0 Å².